The molecule has 0 saturated carbocycles. The summed E-state index contributed by atoms with van der Waals surface area (Å²) in [6.45, 7) is 6.01. The molecule has 1 aliphatic heterocycles. The van der Waals surface area contributed by atoms with E-state index in [1.54, 1.807) is 29.2 Å². The Morgan fingerprint density at radius 2 is 1.69 bits per heavy atom. The largest absolute Gasteiger partial charge is 0.493 e. The molecule has 0 N–H and O–H groups in total. The van der Waals surface area contributed by atoms with Crippen molar-refractivity contribution in [2.75, 3.05) is 32.8 Å². The molecule has 0 unspecified atom stereocenters. The summed E-state index contributed by atoms with van der Waals surface area (Å²) in [5, 5.41) is 0. The molecule has 0 aromatic heterocycles. The zero-order chi connectivity index (χ0) is 22.9. The van der Waals surface area contributed by atoms with E-state index < -0.39 is 5.97 Å². The van der Waals surface area contributed by atoms with Crippen molar-refractivity contribution in [2.24, 2.45) is 0 Å². The molecule has 0 atom stereocenters. The SMILES string of the molecule is CC(=O)Oc1cccc(C(=O)N2CCCN(C(=O)CCCOc3ccccc3C)CC2)c1. The fraction of sp³-hybridized carbons (Fsp3) is 0.400. The highest BCUT2D eigenvalue weighted by atomic mass is 16.5. The van der Waals surface area contributed by atoms with Crippen molar-refractivity contribution in [1.29, 1.82) is 0 Å². The predicted molar refractivity (Wildman–Crippen MR) is 121 cm³/mol. The Hall–Kier alpha value is -3.35. The van der Waals surface area contributed by atoms with Gasteiger partial charge in [0.2, 0.25) is 5.91 Å². The minimum Gasteiger partial charge on any atom is -0.493 e. The first-order chi connectivity index (χ1) is 15.4. The number of nitrogens with zero attached hydrogens (tertiary/aromatic N) is 2. The normalized spacial score (nSPS) is 13.9. The summed E-state index contributed by atoms with van der Waals surface area (Å²) in [7, 11) is 0. The molecule has 1 fully saturated rings. The van der Waals surface area contributed by atoms with Crippen LogP contribution in [0.3, 0.4) is 0 Å². The number of esters is 1. The van der Waals surface area contributed by atoms with E-state index in [9.17, 15) is 14.4 Å². The van der Waals surface area contributed by atoms with Gasteiger partial charge in [0.1, 0.15) is 11.5 Å². The van der Waals surface area contributed by atoms with Gasteiger partial charge in [-0.15, -0.1) is 0 Å². The fourth-order valence-corrected chi connectivity index (χ4v) is 3.69. The van der Waals surface area contributed by atoms with Gasteiger partial charge in [-0.1, -0.05) is 24.3 Å². The van der Waals surface area contributed by atoms with E-state index in [4.69, 9.17) is 9.47 Å². The average Bonchev–Trinajstić information content (AvgIpc) is 3.03. The molecule has 2 aromatic rings. The van der Waals surface area contributed by atoms with Gasteiger partial charge in [-0.3, -0.25) is 14.4 Å². The van der Waals surface area contributed by atoms with Crippen LogP contribution < -0.4 is 9.47 Å². The van der Waals surface area contributed by atoms with Crippen LogP contribution in [0.25, 0.3) is 0 Å². The van der Waals surface area contributed by atoms with E-state index in [-0.39, 0.29) is 11.8 Å². The molecule has 170 valence electrons. The summed E-state index contributed by atoms with van der Waals surface area (Å²) in [4.78, 5) is 40.3. The van der Waals surface area contributed by atoms with Gasteiger partial charge in [0.15, 0.2) is 0 Å². The van der Waals surface area contributed by atoms with E-state index in [2.05, 4.69) is 0 Å². The zero-order valence-electron chi connectivity index (χ0n) is 18.7. The third-order valence-electron chi connectivity index (χ3n) is 5.36. The maximum Gasteiger partial charge on any atom is 0.308 e. The van der Waals surface area contributed by atoms with Crippen molar-refractivity contribution >= 4 is 17.8 Å². The highest BCUT2D eigenvalue weighted by molar-refractivity contribution is 5.94. The smallest absolute Gasteiger partial charge is 0.308 e. The van der Waals surface area contributed by atoms with Gasteiger partial charge in [-0.2, -0.15) is 0 Å². The Morgan fingerprint density at radius 1 is 0.938 bits per heavy atom. The molecule has 0 aliphatic carbocycles. The number of hydrogen-bond donors (Lipinski definition) is 0. The van der Waals surface area contributed by atoms with Crippen molar-refractivity contribution in [2.45, 2.75) is 33.1 Å². The number of ether oxygens (including phenoxy) is 2. The fourth-order valence-electron chi connectivity index (χ4n) is 3.69. The van der Waals surface area contributed by atoms with Gasteiger partial charge in [-0.25, -0.2) is 0 Å². The second kappa shape index (κ2) is 11.3. The molecule has 1 aliphatic rings. The van der Waals surface area contributed by atoms with Gasteiger partial charge in [-0.05, 0) is 49.6 Å². The number of para-hydroxylation sites is 1. The van der Waals surface area contributed by atoms with Gasteiger partial charge in [0.25, 0.3) is 5.91 Å². The van der Waals surface area contributed by atoms with Crippen LogP contribution in [0.4, 0.5) is 0 Å². The quantitative estimate of drug-likeness (QED) is 0.376. The van der Waals surface area contributed by atoms with Crippen LogP contribution in [-0.4, -0.2) is 60.4 Å². The molecule has 1 heterocycles. The Labute approximate surface area is 188 Å². The van der Waals surface area contributed by atoms with Crippen molar-refractivity contribution in [1.82, 2.24) is 9.80 Å². The third kappa shape index (κ3) is 6.57. The summed E-state index contributed by atoms with van der Waals surface area (Å²) in [6.07, 6.45) is 1.79. The summed E-state index contributed by atoms with van der Waals surface area (Å²) < 4.78 is 10.8. The molecule has 0 bridgehead atoms. The first kappa shape index (κ1) is 23.3. The summed E-state index contributed by atoms with van der Waals surface area (Å²) in [5.41, 5.74) is 1.55. The molecule has 7 nitrogen and oxygen atoms in total. The molecule has 2 aromatic carbocycles. The van der Waals surface area contributed by atoms with Crippen LogP contribution in [0.2, 0.25) is 0 Å². The van der Waals surface area contributed by atoms with Gasteiger partial charge < -0.3 is 19.3 Å². The number of rotatable bonds is 7. The summed E-state index contributed by atoms with van der Waals surface area (Å²) in [6, 6.07) is 14.4. The lowest BCUT2D eigenvalue weighted by atomic mass is 10.2. The van der Waals surface area contributed by atoms with E-state index in [0.717, 1.165) is 17.7 Å². The van der Waals surface area contributed by atoms with Crippen LogP contribution in [0, 0.1) is 6.92 Å². The van der Waals surface area contributed by atoms with E-state index >= 15 is 0 Å². The summed E-state index contributed by atoms with van der Waals surface area (Å²) >= 11 is 0. The number of carbonyl (C=O) groups is 3. The number of hydrogen-bond acceptors (Lipinski definition) is 5. The second-order valence-electron chi connectivity index (χ2n) is 7.87. The lowest BCUT2D eigenvalue weighted by Crippen LogP contribution is -2.37. The topological polar surface area (TPSA) is 76.2 Å². The van der Waals surface area contributed by atoms with Crippen LogP contribution >= 0.6 is 0 Å². The van der Waals surface area contributed by atoms with Gasteiger partial charge in [0.05, 0.1) is 6.61 Å². The molecule has 1 saturated heterocycles. The highest BCUT2D eigenvalue weighted by Gasteiger charge is 2.23. The number of aryl methyl sites for hydroxylation is 1. The molecule has 2 amide bonds. The van der Waals surface area contributed by atoms with Gasteiger partial charge in [0, 0.05) is 45.1 Å². The Morgan fingerprint density at radius 3 is 2.47 bits per heavy atom. The van der Waals surface area contributed by atoms with E-state index in [1.807, 2.05) is 36.1 Å². The third-order valence-corrected chi connectivity index (χ3v) is 5.36. The second-order valence-corrected chi connectivity index (χ2v) is 7.87. The molecular weight excluding hydrogens is 408 g/mol. The molecule has 3 rings (SSSR count). The van der Waals surface area contributed by atoms with Gasteiger partial charge >= 0.3 is 5.97 Å². The maximum absolute atomic E-state index is 12.9. The Bertz CT molecular complexity index is 959. The minimum absolute atomic E-state index is 0.0875. The van der Waals surface area contributed by atoms with Crippen molar-refractivity contribution in [3.05, 3.63) is 59.7 Å². The Kier molecular flexibility index (Phi) is 8.25. The highest BCUT2D eigenvalue weighted by Crippen LogP contribution is 2.18. The average molecular weight is 439 g/mol. The molecule has 32 heavy (non-hydrogen) atoms. The van der Waals surface area contributed by atoms with Crippen molar-refractivity contribution < 1.29 is 23.9 Å². The lowest BCUT2D eigenvalue weighted by Gasteiger charge is -2.22. The van der Waals surface area contributed by atoms with Crippen LogP contribution in [-0.2, 0) is 9.59 Å². The molecule has 0 radical (unpaired) electrons. The van der Waals surface area contributed by atoms with Crippen LogP contribution in [0.1, 0.15) is 42.1 Å². The van der Waals surface area contributed by atoms with Crippen molar-refractivity contribution in [3.63, 3.8) is 0 Å². The molecule has 7 heteroatoms. The van der Waals surface area contributed by atoms with Crippen LogP contribution in [0.5, 0.6) is 11.5 Å². The minimum atomic E-state index is -0.428. The predicted octanol–water partition coefficient (Wildman–Crippen LogP) is 3.45. The molecular formula is C25H30N2O5. The van der Waals surface area contributed by atoms with E-state index in [0.29, 0.717) is 56.9 Å². The van der Waals surface area contributed by atoms with Crippen LogP contribution in [0.15, 0.2) is 48.5 Å². The first-order valence-electron chi connectivity index (χ1n) is 11.0. The van der Waals surface area contributed by atoms with E-state index in [1.165, 1.54) is 6.92 Å². The standard InChI is InChI=1S/C25H30N2O5/c1-19-8-3-4-11-23(19)31-17-6-12-24(29)26-13-7-14-27(16-15-26)25(30)21-9-5-10-22(18-21)32-20(2)28/h3-5,8-11,18H,6-7,12-17H2,1-2H3. The van der Waals surface area contributed by atoms with Crippen molar-refractivity contribution in [3.8, 4) is 11.5 Å². The molecule has 0 spiro atoms. The summed E-state index contributed by atoms with van der Waals surface area (Å²) in [5.74, 6) is 0.733. The monoisotopic (exact) mass is 438 g/mol. The zero-order valence-corrected chi connectivity index (χ0v) is 18.7. The first-order valence-corrected chi connectivity index (χ1v) is 11.0. The number of amides is 2. The Balaban J connectivity index is 1.47. The maximum atomic E-state index is 12.9. The number of benzene rings is 2. The number of carbonyl (C=O) groups excluding carboxylic acids is 3. The lowest BCUT2D eigenvalue weighted by molar-refractivity contribution is -0.132.